The van der Waals surface area contributed by atoms with E-state index in [2.05, 4.69) is 31.8 Å². The second-order valence-electron chi connectivity index (χ2n) is 6.48. The number of amides is 2. The lowest BCUT2D eigenvalue weighted by atomic mass is 10.2. The molecular weight excluding hydrogens is 501 g/mol. The summed E-state index contributed by atoms with van der Waals surface area (Å²) in [6, 6.07) is 8.58. The topological polar surface area (TPSA) is 115 Å². The number of carbonyl (C=O) groups excluding carboxylic acids is 3. The highest BCUT2D eigenvalue weighted by Gasteiger charge is 2.14. The van der Waals surface area contributed by atoms with Crippen molar-refractivity contribution in [1.82, 2.24) is 5.43 Å². The van der Waals surface area contributed by atoms with Gasteiger partial charge in [0, 0.05) is 18.5 Å². The fraction of sp³-hybridized carbons (Fsp3) is 0.273. The van der Waals surface area contributed by atoms with E-state index in [1.54, 1.807) is 19.1 Å². The highest BCUT2D eigenvalue weighted by atomic mass is 79.9. The number of nitrogens with zero attached hydrogens (tertiary/aromatic N) is 1. The van der Waals surface area contributed by atoms with Crippen LogP contribution in [0.25, 0.3) is 0 Å². The zero-order chi connectivity index (χ0) is 24.2. The van der Waals surface area contributed by atoms with E-state index in [0.717, 1.165) is 0 Å². The van der Waals surface area contributed by atoms with Crippen LogP contribution in [0.3, 0.4) is 0 Å². The largest absolute Gasteiger partial charge is 0.493 e. The van der Waals surface area contributed by atoms with Gasteiger partial charge in [-0.15, -0.1) is 0 Å². The molecule has 2 aromatic rings. The molecule has 0 heterocycles. The molecule has 2 rings (SSSR count). The fourth-order valence-electron chi connectivity index (χ4n) is 2.51. The molecule has 2 N–H and O–H groups in total. The number of hydrogen-bond donors (Lipinski definition) is 2. The lowest BCUT2D eigenvalue weighted by Gasteiger charge is -2.13. The van der Waals surface area contributed by atoms with Crippen LogP contribution < -0.4 is 20.2 Å². The van der Waals surface area contributed by atoms with Crippen molar-refractivity contribution in [3.8, 4) is 11.5 Å². The average Bonchev–Trinajstić information content (AvgIpc) is 2.78. The highest BCUT2D eigenvalue weighted by molar-refractivity contribution is 9.10. The molecular formula is C22H23BrFN3O6. The second kappa shape index (κ2) is 13.2. The Hall–Kier alpha value is -3.47. The third-order valence-electron chi connectivity index (χ3n) is 4.00. The minimum Gasteiger partial charge on any atom is -0.493 e. The van der Waals surface area contributed by atoms with Crippen LogP contribution in [0, 0.1) is 5.82 Å². The van der Waals surface area contributed by atoms with E-state index >= 15 is 0 Å². The summed E-state index contributed by atoms with van der Waals surface area (Å²) in [4.78, 5) is 35.3. The van der Waals surface area contributed by atoms with E-state index in [-0.39, 0.29) is 32.0 Å². The summed E-state index contributed by atoms with van der Waals surface area (Å²) < 4.78 is 29.0. The molecule has 0 radical (unpaired) electrons. The molecule has 0 unspecified atom stereocenters. The molecule has 0 saturated carbocycles. The third kappa shape index (κ3) is 8.89. The first-order valence-electron chi connectivity index (χ1n) is 9.85. The van der Waals surface area contributed by atoms with Gasteiger partial charge in [-0.2, -0.15) is 5.10 Å². The van der Waals surface area contributed by atoms with Crippen molar-refractivity contribution < 1.29 is 33.0 Å². The number of carbonyl (C=O) groups is 3. The number of esters is 1. The molecule has 0 aromatic heterocycles. The van der Waals surface area contributed by atoms with Gasteiger partial charge in [0.15, 0.2) is 18.1 Å². The Kier molecular flexibility index (Phi) is 10.3. The Morgan fingerprint density at radius 2 is 1.82 bits per heavy atom. The summed E-state index contributed by atoms with van der Waals surface area (Å²) in [5.41, 5.74) is 3.35. The van der Waals surface area contributed by atoms with E-state index in [9.17, 15) is 18.8 Å². The Labute approximate surface area is 198 Å². The molecule has 0 spiro atoms. The Morgan fingerprint density at radius 3 is 2.48 bits per heavy atom. The van der Waals surface area contributed by atoms with Crippen molar-refractivity contribution in [3.63, 3.8) is 0 Å². The summed E-state index contributed by atoms with van der Waals surface area (Å²) in [6.07, 6.45) is 1.24. The molecule has 0 saturated heterocycles. The quantitative estimate of drug-likeness (QED) is 0.265. The van der Waals surface area contributed by atoms with Crippen LogP contribution in [0.2, 0.25) is 0 Å². The number of hydrazone groups is 1. The first kappa shape index (κ1) is 25.8. The van der Waals surface area contributed by atoms with Crippen LogP contribution in [-0.4, -0.2) is 44.3 Å². The van der Waals surface area contributed by atoms with Gasteiger partial charge in [0.25, 0.3) is 0 Å². The number of methoxy groups -OCH3 is 1. The molecule has 2 amide bonds. The molecule has 33 heavy (non-hydrogen) atoms. The van der Waals surface area contributed by atoms with Crippen LogP contribution in [0.15, 0.2) is 46.0 Å². The van der Waals surface area contributed by atoms with E-state index in [4.69, 9.17) is 14.2 Å². The van der Waals surface area contributed by atoms with Gasteiger partial charge in [0.2, 0.25) is 11.8 Å². The molecule has 0 aliphatic heterocycles. The molecule has 0 bridgehead atoms. The Morgan fingerprint density at radius 1 is 1.12 bits per heavy atom. The summed E-state index contributed by atoms with van der Waals surface area (Å²) in [5, 5.41) is 6.44. The van der Waals surface area contributed by atoms with Crippen molar-refractivity contribution in [2.75, 3.05) is 25.6 Å². The minimum atomic E-state index is -0.508. The van der Waals surface area contributed by atoms with Crippen LogP contribution in [0.4, 0.5) is 10.1 Å². The van der Waals surface area contributed by atoms with E-state index < -0.39 is 17.7 Å². The predicted octanol–water partition coefficient (Wildman–Crippen LogP) is 3.41. The number of ether oxygens (including phenoxy) is 3. The van der Waals surface area contributed by atoms with Crippen LogP contribution in [-0.2, 0) is 19.1 Å². The van der Waals surface area contributed by atoms with E-state index in [0.29, 0.717) is 27.2 Å². The summed E-state index contributed by atoms with van der Waals surface area (Å²) >= 11 is 3.35. The molecule has 0 aliphatic carbocycles. The first-order valence-corrected chi connectivity index (χ1v) is 10.6. The van der Waals surface area contributed by atoms with Crippen LogP contribution in [0.5, 0.6) is 11.5 Å². The number of halogens is 2. The number of benzene rings is 2. The minimum absolute atomic E-state index is 0.0649. The van der Waals surface area contributed by atoms with Crippen molar-refractivity contribution in [2.24, 2.45) is 5.10 Å². The molecule has 2 aromatic carbocycles. The van der Waals surface area contributed by atoms with Gasteiger partial charge in [-0.1, -0.05) is 0 Å². The summed E-state index contributed by atoms with van der Waals surface area (Å²) in [5.74, 6) is -1.09. The first-order chi connectivity index (χ1) is 15.8. The van der Waals surface area contributed by atoms with Crippen molar-refractivity contribution in [2.45, 2.75) is 19.8 Å². The SMILES string of the molecule is CCOC(=O)COc1c(Br)cc(C=NNC(=O)CCC(=O)Nc2ccc(F)cc2)cc1OC. The van der Waals surface area contributed by atoms with Gasteiger partial charge in [-0.3, -0.25) is 9.59 Å². The monoisotopic (exact) mass is 523 g/mol. The molecule has 0 atom stereocenters. The number of rotatable bonds is 11. The van der Waals surface area contributed by atoms with Crippen molar-refractivity contribution >= 4 is 45.6 Å². The number of nitrogens with one attached hydrogen (secondary N) is 2. The van der Waals surface area contributed by atoms with Gasteiger partial charge in [0.1, 0.15) is 5.82 Å². The molecule has 9 nitrogen and oxygen atoms in total. The fourth-order valence-corrected chi connectivity index (χ4v) is 3.08. The number of hydrogen-bond acceptors (Lipinski definition) is 7. The van der Waals surface area contributed by atoms with Crippen molar-refractivity contribution in [3.05, 3.63) is 52.3 Å². The van der Waals surface area contributed by atoms with Gasteiger partial charge in [-0.05, 0) is 64.8 Å². The van der Waals surface area contributed by atoms with Crippen molar-refractivity contribution in [1.29, 1.82) is 0 Å². The van der Waals surface area contributed by atoms with Gasteiger partial charge < -0.3 is 19.5 Å². The molecule has 176 valence electrons. The maximum atomic E-state index is 12.9. The maximum Gasteiger partial charge on any atom is 0.344 e. The normalized spacial score (nSPS) is 10.5. The zero-order valence-corrected chi connectivity index (χ0v) is 19.6. The standard InChI is InChI=1S/C22H23BrFN3O6/c1-3-32-21(30)13-33-22-17(23)10-14(11-18(22)31-2)12-25-27-20(29)9-8-19(28)26-16-6-4-15(24)5-7-16/h4-7,10-12H,3,8-9,13H2,1-2H3,(H,26,28)(H,27,29). The van der Waals surface area contributed by atoms with E-state index in [1.807, 2.05) is 0 Å². The number of anilines is 1. The van der Waals surface area contributed by atoms with Crippen LogP contribution in [0.1, 0.15) is 25.3 Å². The Bertz CT molecular complexity index is 1010. The molecule has 0 aliphatic rings. The van der Waals surface area contributed by atoms with Gasteiger partial charge in [-0.25, -0.2) is 14.6 Å². The third-order valence-corrected chi connectivity index (χ3v) is 4.59. The zero-order valence-electron chi connectivity index (χ0n) is 18.0. The van der Waals surface area contributed by atoms with Crippen LogP contribution >= 0.6 is 15.9 Å². The smallest absolute Gasteiger partial charge is 0.344 e. The average molecular weight is 524 g/mol. The predicted molar refractivity (Wildman–Crippen MR) is 123 cm³/mol. The second-order valence-corrected chi connectivity index (χ2v) is 7.33. The molecule has 11 heteroatoms. The maximum absolute atomic E-state index is 12.9. The lowest BCUT2D eigenvalue weighted by molar-refractivity contribution is -0.145. The highest BCUT2D eigenvalue weighted by Crippen LogP contribution is 2.36. The van der Waals surface area contributed by atoms with Gasteiger partial charge in [0.05, 0.1) is 24.4 Å². The molecule has 0 fully saturated rings. The summed E-state index contributed by atoms with van der Waals surface area (Å²) in [6.45, 7) is 1.67. The summed E-state index contributed by atoms with van der Waals surface area (Å²) in [7, 11) is 1.44. The van der Waals surface area contributed by atoms with E-state index in [1.165, 1.54) is 37.6 Å². The lowest BCUT2D eigenvalue weighted by Crippen LogP contribution is -2.20. The van der Waals surface area contributed by atoms with Gasteiger partial charge >= 0.3 is 5.97 Å². The Balaban J connectivity index is 1.86.